The summed E-state index contributed by atoms with van der Waals surface area (Å²) < 4.78 is 6.99. The van der Waals surface area contributed by atoms with Gasteiger partial charge in [-0.1, -0.05) is 46.3 Å². The molecule has 0 bridgehead atoms. The van der Waals surface area contributed by atoms with Crippen molar-refractivity contribution in [2.75, 3.05) is 32.8 Å². The zero-order chi connectivity index (χ0) is 18.4. The molecule has 26 heavy (non-hydrogen) atoms. The van der Waals surface area contributed by atoms with Crippen LogP contribution in [-0.4, -0.2) is 54.9 Å². The number of halogens is 1. The largest absolute Gasteiger partial charge is 0.491 e. The Labute approximate surface area is 163 Å². The lowest BCUT2D eigenvalue weighted by Gasteiger charge is -2.37. The maximum Gasteiger partial charge on any atom is 0.140 e. The minimum absolute atomic E-state index is 0.190. The summed E-state index contributed by atoms with van der Waals surface area (Å²) in [7, 11) is 0. The third-order valence-electron chi connectivity index (χ3n) is 4.86. The van der Waals surface area contributed by atoms with Gasteiger partial charge in [-0.15, -0.1) is 0 Å². The molecule has 1 heterocycles. The predicted octanol–water partition coefficient (Wildman–Crippen LogP) is 3.52. The Morgan fingerprint density at radius 3 is 2.42 bits per heavy atom. The third-order valence-corrected chi connectivity index (χ3v) is 5.38. The maximum absolute atomic E-state index is 11.6. The lowest BCUT2D eigenvalue weighted by Crippen LogP contribution is -2.52. The number of piperazine rings is 1. The molecule has 3 rings (SSSR count). The fourth-order valence-corrected chi connectivity index (χ4v) is 3.49. The molecule has 1 unspecified atom stereocenters. The first-order valence-corrected chi connectivity index (χ1v) is 9.79. The van der Waals surface area contributed by atoms with Gasteiger partial charge in [-0.3, -0.25) is 9.80 Å². The van der Waals surface area contributed by atoms with Crippen molar-refractivity contribution in [3.05, 3.63) is 64.1 Å². The minimum Gasteiger partial charge on any atom is -0.491 e. The van der Waals surface area contributed by atoms with E-state index in [2.05, 4.69) is 50.0 Å². The van der Waals surface area contributed by atoms with E-state index in [-0.39, 0.29) is 6.04 Å². The van der Waals surface area contributed by atoms with E-state index in [4.69, 9.17) is 4.74 Å². The molecule has 4 nitrogen and oxygen atoms in total. The van der Waals surface area contributed by atoms with E-state index >= 15 is 0 Å². The van der Waals surface area contributed by atoms with E-state index in [1.54, 1.807) is 0 Å². The van der Waals surface area contributed by atoms with E-state index in [0.29, 0.717) is 6.61 Å². The number of benzene rings is 2. The minimum atomic E-state index is -0.190. The number of rotatable bonds is 7. The van der Waals surface area contributed by atoms with Gasteiger partial charge in [-0.05, 0) is 36.2 Å². The molecule has 2 aromatic rings. The van der Waals surface area contributed by atoms with Crippen molar-refractivity contribution < 1.29 is 9.53 Å². The lowest BCUT2D eigenvalue weighted by atomic mass is 10.2. The summed E-state index contributed by atoms with van der Waals surface area (Å²) in [5.74, 6) is 0.855. The van der Waals surface area contributed by atoms with Crippen LogP contribution in [0, 0.1) is 6.92 Å². The van der Waals surface area contributed by atoms with Crippen molar-refractivity contribution in [2.45, 2.75) is 19.5 Å². The van der Waals surface area contributed by atoms with Crippen molar-refractivity contribution in [3.63, 3.8) is 0 Å². The number of aryl methyl sites for hydroxylation is 1. The third kappa shape index (κ3) is 5.16. The quantitative estimate of drug-likeness (QED) is 0.646. The number of ether oxygens (including phenoxy) is 1. The van der Waals surface area contributed by atoms with Crippen LogP contribution in [0.15, 0.2) is 53.0 Å². The van der Waals surface area contributed by atoms with Gasteiger partial charge in [0.15, 0.2) is 0 Å². The summed E-state index contributed by atoms with van der Waals surface area (Å²) in [6.45, 7) is 7.07. The average molecular weight is 417 g/mol. The van der Waals surface area contributed by atoms with E-state index in [1.165, 1.54) is 5.56 Å². The molecule has 138 valence electrons. The molecule has 0 amide bonds. The summed E-state index contributed by atoms with van der Waals surface area (Å²) in [4.78, 5) is 16.2. The number of nitrogens with zero attached hydrogens (tertiary/aromatic N) is 2. The number of aldehydes is 1. The zero-order valence-electron chi connectivity index (χ0n) is 15.1. The van der Waals surface area contributed by atoms with Crippen molar-refractivity contribution >= 4 is 22.2 Å². The Bertz CT molecular complexity index is 712. The molecule has 1 aliphatic heterocycles. The van der Waals surface area contributed by atoms with Gasteiger partial charge in [0.2, 0.25) is 0 Å². The first kappa shape index (κ1) is 19.1. The highest BCUT2D eigenvalue weighted by molar-refractivity contribution is 9.10. The molecule has 0 spiro atoms. The SMILES string of the molecule is Cc1ccccc1OCC(C=O)N1CCN(Cc2ccc(Br)cc2)CC1. The first-order valence-electron chi connectivity index (χ1n) is 9.00. The second-order valence-electron chi connectivity index (χ2n) is 6.72. The number of hydrogen-bond donors (Lipinski definition) is 0. The average Bonchev–Trinajstić information content (AvgIpc) is 2.67. The Kier molecular flexibility index (Phi) is 6.83. The van der Waals surface area contributed by atoms with Gasteiger partial charge in [0.25, 0.3) is 0 Å². The molecular formula is C21H25BrN2O2. The second kappa shape index (κ2) is 9.31. The summed E-state index contributed by atoms with van der Waals surface area (Å²) in [5, 5.41) is 0. The molecule has 2 aromatic carbocycles. The Balaban J connectivity index is 1.48. The topological polar surface area (TPSA) is 32.8 Å². The van der Waals surface area contributed by atoms with Gasteiger partial charge < -0.3 is 9.53 Å². The number of hydrogen-bond acceptors (Lipinski definition) is 4. The Hall–Kier alpha value is -1.69. The molecule has 0 saturated carbocycles. The van der Waals surface area contributed by atoms with Gasteiger partial charge in [0.05, 0.1) is 0 Å². The fraction of sp³-hybridized carbons (Fsp3) is 0.381. The van der Waals surface area contributed by atoms with Crippen LogP contribution in [0.3, 0.4) is 0 Å². The standard InChI is InChI=1S/C21H25BrN2O2/c1-17-4-2-3-5-21(17)26-16-20(15-25)24-12-10-23(11-13-24)14-18-6-8-19(22)9-7-18/h2-9,15,20H,10-14,16H2,1H3. The Morgan fingerprint density at radius 2 is 1.77 bits per heavy atom. The Morgan fingerprint density at radius 1 is 1.08 bits per heavy atom. The van der Waals surface area contributed by atoms with Crippen molar-refractivity contribution in [2.24, 2.45) is 0 Å². The monoisotopic (exact) mass is 416 g/mol. The molecular weight excluding hydrogens is 392 g/mol. The van der Waals surface area contributed by atoms with Gasteiger partial charge in [0.1, 0.15) is 24.7 Å². The number of para-hydroxylation sites is 1. The zero-order valence-corrected chi connectivity index (χ0v) is 16.7. The van der Waals surface area contributed by atoms with Crippen molar-refractivity contribution in [3.8, 4) is 5.75 Å². The van der Waals surface area contributed by atoms with E-state index in [9.17, 15) is 4.79 Å². The van der Waals surface area contributed by atoms with Crippen LogP contribution in [0.1, 0.15) is 11.1 Å². The van der Waals surface area contributed by atoms with Crippen molar-refractivity contribution in [1.82, 2.24) is 9.80 Å². The summed E-state index contributed by atoms with van der Waals surface area (Å²) in [6, 6.07) is 16.2. The highest BCUT2D eigenvalue weighted by Crippen LogP contribution is 2.18. The maximum atomic E-state index is 11.6. The normalized spacial score (nSPS) is 17.0. The van der Waals surface area contributed by atoms with E-state index in [0.717, 1.165) is 54.8 Å². The number of carbonyl (C=O) groups is 1. The van der Waals surface area contributed by atoms with Crippen LogP contribution < -0.4 is 4.74 Å². The van der Waals surface area contributed by atoms with E-state index < -0.39 is 0 Å². The lowest BCUT2D eigenvalue weighted by molar-refractivity contribution is -0.114. The fourth-order valence-electron chi connectivity index (χ4n) is 3.23. The summed E-state index contributed by atoms with van der Waals surface area (Å²) >= 11 is 3.47. The predicted molar refractivity (Wildman–Crippen MR) is 108 cm³/mol. The highest BCUT2D eigenvalue weighted by Gasteiger charge is 2.24. The van der Waals surface area contributed by atoms with Gasteiger partial charge >= 0.3 is 0 Å². The molecule has 0 aliphatic carbocycles. The molecule has 0 radical (unpaired) electrons. The molecule has 5 heteroatoms. The summed E-state index contributed by atoms with van der Waals surface area (Å²) in [6.07, 6.45) is 1.02. The molecule has 1 fully saturated rings. The second-order valence-corrected chi connectivity index (χ2v) is 7.63. The van der Waals surface area contributed by atoms with Gasteiger partial charge in [-0.2, -0.15) is 0 Å². The van der Waals surface area contributed by atoms with E-state index in [1.807, 2.05) is 31.2 Å². The van der Waals surface area contributed by atoms with Gasteiger partial charge in [0, 0.05) is 37.2 Å². The van der Waals surface area contributed by atoms with Crippen LogP contribution in [-0.2, 0) is 11.3 Å². The van der Waals surface area contributed by atoms with Gasteiger partial charge in [-0.25, -0.2) is 0 Å². The molecule has 1 atom stereocenters. The van der Waals surface area contributed by atoms with Crippen LogP contribution in [0.25, 0.3) is 0 Å². The van der Waals surface area contributed by atoms with Crippen LogP contribution in [0.5, 0.6) is 5.75 Å². The molecule has 0 aromatic heterocycles. The molecule has 1 saturated heterocycles. The van der Waals surface area contributed by atoms with Crippen LogP contribution >= 0.6 is 15.9 Å². The molecule has 0 N–H and O–H groups in total. The molecule has 1 aliphatic rings. The van der Waals surface area contributed by atoms with Crippen molar-refractivity contribution in [1.29, 1.82) is 0 Å². The smallest absolute Gasteiger partial charge is 0.140 e. The first-order chi connectivity index (χ1) is 12.7. The number of carbonyl (C=O) groups excluding carboxylic acids is 1. The van der Waals surface area contributed by atoms with Crippen LogP contribution in [0.4, 0.5) is 0 Å². The van der Waals surface area contributed by atoms with Crippen LogP contribution in [0.2, 0.25) is 0 Å². The summed E-state index contributed by atoms with van der Waals surface area (Å²) in [5.41, 5.74) is 2.41. The highest BCUT2D eigenvalue weighted by atomic mass is 79.9.